The van der Waals surface area contributed by atoms with Crippen molar-refractivity contribution in [3.05, 3.63) is 56.8 Å². The normalized spacial score (nSPS) is 15.5. The van der Waals surface area contributed by atoms with Gasteiger partial charge in [0.15, 0.2) is 0 Å². The molecule has 0 fully saturated rings. The van der Waals surface area contributed by atoms with Crippen LogP contribution in [0.5, 0.6) is 0 Å². The molecular weight excluding hydrogens is 316 g/mol. The number of nitrogens with one attached hydrogen (secondary N) is 1. The van der Waals surface area contributed by atoms with Gasteiger partial charge < -0.3 is 5.32 Å². The highest BCUT2D eigenvalue weighted by Crippen LogP contribution is 2.32. The van der Waals surface area contributed by atoms with Crippen LogP contribution in [0.2, 0.25) is 0 Å². The Bertz CT molecular complexity index is 694. The lowest BCUT2D eigenvalue weighted by Crippen LogP contribution is -2.26. The Morgan fingerprint density at radius 1 is 1.21 bits per heavy atom. The van der Waals surface area contributed by atoms with Crippen LogP contribution in [0, 0.1) is 0 Å². The van der Waals surface area contributed by atoms with E-state index in [9.17, 15) is 4.79 Å². The molecule has 0 saturated heterocycles. The monoisotopic (exact) mass is 342 g/mol. The van der Waals surface area contributed by atoms with E-state index in [0.29, 0.717) is 6.04 Å². The van der Waals surface area contributed by atoms with Crippen LogP contribution in [0.25, 0.3) is 0 Å². The number of hydrogen-bond acceptors (Lipinski definition) is 3. The molecule has 1 aliphatic rings. The van der Waals surface area contributed by atoms with Crippen molar-refractivity contribution in [1.82, 2.24) is 10.2 Å². The number of nitrogens with zero attached hydrogens (tertiary/aromatic N) is 1. The van der Waals surface area contributed by atoms with E-state index in [2.05, 4.69) is 61.3 Å². The van der Waals surface area contributed by atoms with Gasteiger partial charge >= 0.3 is 0 Å². The molecule has 0 aliphatic carbocycles. The van der Waals surface area contributed by atoms with E-state index in [1.165, 1.54) is 16.0 Å². The minimum atomic E-state index is 0.0208. The van der Waals surface area contributed by atoms with Gasteiger partial charge in [-0.15, -0.1) is 11.3 Å². The molecule has 2 heterocycles. The molecule has 1 amide bonds. The molecule has 4 heteroatoms. The number of rotatable bonds is 5. The van der Waals surface area contributed by atoms with E-state index in [4.69, 9.17) is 0 Å². The first kappa shape index (κ1) is 17.2. The molecule has 1 aromatic heterocycles. The zero-order chi connectivity index (χ0) is 17.3. The van der Waals surface area contributed by atoms with Crippen LogP contribution < -0.4 is 5.32 Å². The first-order valence-corrected chi connectivity index (χ1v) is 9.55. The number of hydrogen-bond donors (Lipinski definition) is 1. The van der Waals surface area contributed by atoms with Crippen molar-refractivity contribution < 1.29 is 4.79 Å². The van der Waals surface area contributed by atoms with Crippen molar-refractivity contribution in [3.63, 3.8) is 0 Å². The molecule has 0 saturated carbocycles. The van der Waals surface area contributed by atoms with Gasteiger partial charge in [-0.25, -0.2) is 0 Å². The number of fused-ring (bicyclic) bond motifs is 1. The minimum Gasteiger partial charge on any atom is -0.345 e. The summed E-state index contributed by atoms with van der Waals surface area (Å²) in [6.07, 6.45) is 1.04. The molecule has 3 nitrogen and oxygen atoms in total. The summed E-state index contributed by atoms with van der Waals surface area (Å²) in [5, 5.41) is 3.13. The van der Waals surface area contributed by atoms with Crippen LogP contribution in [0.1, 0.15) is 65.0 Å². The first-order chi connectivity index (χ1) is 11.5. The molecule has 1 atom stereocenters. The minimum absolute atomic E-state index is 0.0208. The predicted octanol–water partition coefficient (Wildman–Crippen LogP) is 4.53. The molecule has 1 unspecified atom stereocenters. The number of carbonyl (C=O) groups excluding carboxylic acids is 1. The highest BCUT2D eigenvalue weighted by Gasteiger charge is 2.25. The molecule has 1 aromatic carbocycles. The van der Waals surface area contributed by atoms with Crippen molar-refractivity contribution in [3.8, 4) is 0 Å². The molecule has 1 N–H and O–H groups in total. The maximum atomic E-state index is 12.6. The first-order valence-electron chi connectivity index (χ1n) is 8.73. The second-order valence-electron chi connectivity index (χ2n) is 6.85. The molecule has 0 bridgehead atoms. The van der Waals surface area contributed by atoms with Crippen LogP contribution in [-0.4, -0.2) is 16.8 Å². The lowest BCUT2D eigenvalue weighted by Gasteiger charge is -2.19. The third kappa shape index (κ3) is 3.55. The fourth-order valence-electron chi connectivity index (χ4n) is 3.06. The van der Waals surface area contributed by atoms with Crippen molar-refractivity contribution in [2.24, 2.45) is 0 Å². The van der Waals surface area contributed by atoms with E-state index in [1.807, 2.05) is 6.92 Å². The van der Waals surface area contributed by atoms with Gasteiger partial charge in [-0.3, -0.25) is 9.69 Å². The average Bonchev–Trinajstić information content (AvgIpc) is 3.13. The molecule has 0 radical (unpaired) electrons. The Balaban J connectivity index is 1.64. The topological polar surface area (TPSA) is 32.3 Å². The van der Waals surface area contributed by atoms with E-state index >= 15 is 0 Å². The van der Waals surface area contributed by atoms with Crippen molar-refractivity contribution in [1.29, 1.82) is 0 Å². The van der Waals surface area contributed by atoms with Gasteiger partial charge in [0.2, 0.25) is 0 Å². The Morgan fingerprint density at radius 3 is 2.50 bits per heavy atom. The van der Waals surface area contributed by atoms with Crippen molar-refractivity contribution >= 4 is 17.2 Å². The largest absolute Gasteiger partial charge is 0.345 e. The molecule has 3 rings (SSSR count). The third-order valence-electron chi connectivity index (χ3n) is 4.81. The third-order valence-corrected chi connectivity index (χ3v) is 5.97. The summed E-state index contributed by atoms with van der Waals surface area (Å²) in [6.45, 7) is 10.6. The fraction of sp³-hybridized carbons (Fsp3) is 0.450. The number of aryl methyl sites for hydroxylation is 1. The summed E-state index contributed by atoms with van der Waals surface area (Å²) in [5.74, 6) is 0.0394. The zero-order valence-corrected chi connectivity index (χ0v) is 15.7. The molecular formula is C20H26N2OS. The predicted molar refractivity (Wildman–Crippen MR) is 100 cm³/mol. The van der Waals surface area contributed by atoms with Gasteiger partial charge in [-0.05, 0) is 49.9 Å². The SMILES string of the molecule is CCc1ccc(C(C)NC(=O)c2cc3c(s2)CN(C(C)C)C3)cc1. The van der Waals surface area contributed by atoms with Gasteiger partial charge in [0.25, 0.3) is 5.91 Å². The second kappa shape index (κ2) is 7.08. The van der Waals surface area contributed by atoms with Gasteiger partial charge in [-0.1, -0.05) is 31.2 Å². The molecule has 0 spiro atoms. The lowest BCUT2D eigenvalue weighted by atomic mass is 10.0. The Morgan fingerprint density at radius 2 is 1.92 bits per heavy atom. The second-order valence-corrected chi connectivity index (χ2v) is 7.98. The summed E-state index contributed by atoms with van der Waals surface area (Å²) in [7, 11) is 0. The summed E-state index contributed by atoms with van der Waals surface area (Å²) >= 11 is 1.64. The van der Waals surface area contributed by atoms with Gasteiger partial charge in [0.1, 0.15) is 0 Å². The highest BCUT2D eigenvalue weighted by atomic mass is 32.1. The van der Waals surface area contributed by atoms with E-state index in [-0.39, 0.29) is 11.9 Å². The zero-order valence-electron chi connectivity index (χ0n) is 14.9. The maximum absolute atomic E-state index is 12.6. The summed E-state index contributed by atoms with van der Waals surface area (Å²) in [5.41, 5.74) is 3.79. The van der Waals surface area contributed by atoms with Crippen LogP contribution in [0.15, 0.2) is 30.3 Å². The van der Waals surface area contributed by atoms with E-state index in [0.717, 1.165) is 30.0 Å². The Kier molecular flexibility index (Phi) is 5.07. The summed E-state index contributed by atoms with van der Waals surface area (Å²) in [6, 6.07) is 11.1. The number of carbonyl (C=O) groups is 1. The van der Waals surface area contributed by atoms with Crippen LogP contribution in [0.3, 0.4) is 0 Å². The Labute approximate surface area is 148 Å². The number of thiophene rings is 1. The van der Waals surface area contributed by atoms with Crippen molar-refractivity contribution in [2.45, 2.75) is 59.3 Å². The van der Waals surface area contributed by atoms with E-state index in [1.54, 1.807) is 11.3 Å². The smallest absolute Gasteiger partial charge is 0.261 e. The van der Waals surface area contributed by atoms with E-state index < -0.39 is 0 Å². The summed E-state index contributed by atoms with van der Waals surface area (Å²) in [4.78, 5) is 17.2. The number of benzene rings is 1. The van der Waals surface area contributed by atoms with Gasteiger partial charge in [0.05, 0.1) is 10.9 Å². The van der Waals surface area contributed by atoms with Gasteiger partial charge in [0, 0.05) is 24.0 Å². The van der Waals surface area contributed by atoms with Gasteiger partial charge in [-0.2, -0.15) is 0 Å². The average molecular weight is 343 g/mol. The lowest BCUT2D eigenvalue weighted by molar-refractivity contribution is 0.0944. The highest BCUT2D eigenvalue weighted by molar-refractivity contribution is 7.14. The fourth-order valence-corrected chi connectivity index (χ4v) is 4.17. The quantitative estimate of drug-likeness (QED) is 0.866. The molecule has 2 aromatic rings. The van der Waals surface area contributed by atoms with Crippen LogP contribution in [0.4, 0.5) is 0 Å². The number of amides is 1. The van der Waals surface area contributed by atoms with Crippen LogP contribution >= 0.6 is 11.3 Å². The maximum Gasteiger partial charge on any atom is 0.261 e. The molecule has 24 heavy (non-hydrogen) atoms. The van der Waals surface area contributed by atoms with Crippen molar-refractivity contribution in [2.75, 3.05) is 0 Å². The van der Waals surface area contributed by atoms with Crippen LogP contribution in [-0.2, 0) is 19.5 Å². The molecule has 128 valence electrons. The summed E-state index contributed by atoms with van der Waals surface area (Å²) < 4.78 is 0. The standard InChI is InChI=1S/C20H26N2OS/c1-5-15-6-8-16(9-7-15)14(4)21-20(23)18-10-17-11-22(13(2)3)12-19(17)24-18/h6-10,13-14H,5,11-12H2,1-4H3,(H,21,23). The Hall–Kier alpha value is -1.65. The molecule has 1 aliphatic heterocycles.